The molecule has 0 atom stereocenters. The molecule has 0 spiro atoms. The highest BCUT2D eigenvalue weighted by Crippen LogP contribution is 2.24. The van der Waals surface area contributed by atoms with Crippen LogP contribution in [0.25, 0.3) is 0 Å². The predicted molar refractivity (Wildman–Crippen MR) is 109 cm³/mol. The van der Waals surface area contributed by atoms with E-state index in [4.69, 9.17) is 4.74 Å². The number of carbonyl (C=O) groups excluding carboxylic acids is 1. The maximum atomic E-state index is 13.3. The molecule has 0 aliphatic heterocycles. The molecule has 0 aliphatic rings. The molecule has 9 heteroatoms. The van der Waals surface area contributed by atoms with Gasteiger partial charge in [0.05, 0.1) is 12.0 Å². The summed E-state index contributed by atoms with van der Waals surface area (Å²) >= 11 is 0. The lowest BCUT2D eigenvalue weighted by Crippen LogP contribution is -2.16. The molecule has 3 rings (SSSR count). The molecule has 2 N–H and O–H groups in total. The summed E-state index contributed by atoms with van der Waals surface area (Å²) in [6.07, 6.45) is 0. The van der Waals surface area contributed by atoms with E-state index in [9.17, 15) is 22.0 Å². The highest BCUT2D eigenvalue weighted by molar-refractivity contribution is 7.92. The summed E-state index contributed by atoms with van der Waals surface area (Å²) in [6.45, 7) is 1.61. The minimum Gasteiger partial charge on any atom is -0.497 e. The van der Waals surface area contributed by atoms with Crippen LogP contribution in [0.3, 0.4) is 0 Å². The summed E-state index contributed by atoms with van der Waals surface area (Å²) in [6, 6.07) is 13.0. The van der Waals surface area contributed by atoms with Gasteiger partial charge < -0.3 is 10.1 Å². The van der Waals surface area contributed by atoms with E-state index in [0.717, 1.165) is 12.1 Å². The van der Waals surface area contributed by atoms with Crippen molar-refractivity contribution >= 4 is 27.3 Å². The number of carbonyl (C=O) groups is 1. The van der Waals surface area contributed by atoms with E-state index < -0.39 is 27.6 Å². The van der Waals surface area contributed by atoms with E-state index in [2.05, 4.69) is 10.0 Å². The molecule has 0 saturated carbocycles. The molecular formula is C21H18F2N2O4S. The highest BCUT2D eigenvalue weighted by atomic mass is 32.2. The van der Waals surface area contributed by atoms with Crippen LogP contribution in [0, 0.1) is 18.6 Å². The van der Waals surface area contributed by atoms with Crippen LogP contribution in [0.1, 0.15) is 15.9 Å². The number of aryl methyl sites for hydroxylation is 1. The number of anilines is 2. The molecular weight excluding hydrogens is 414 g/mol. The molecule has 0 aromatic heterocycles. The zero-order valence-corrected chi connectivity index (χ0v) is 16.9. The number of halogens is 2. The average molecular weight is 432 g/mol. The summed E-state index contributed by atoms with van der Waals surface area (Å²) in [7, 11) is -2.46. The van der Waals surface area contributed by atoms with Crippen molar-refractivity contribution in [1.29, 1.82) is 0 Å². The SMILES string of the molecule is COc1ccc(NS(=O)(=O)c2cc(NC(=O)c3cc(F)cc(F)c3)ccc2C)cc1. The molecule has 0 bridgehead atoms. The van der Waals surface area contributed by atoms with Gasteiger partial charge in [-0.25, -0.2) is 17.2 Å². The van der Waals surface area contributed by atoms with Gasteiger partial charge in [0, 0.05) is 23.0 Å². The Morgan fingerprint density at radius 1 is 0.900 bits per heavy atom. The Kier molecular flexibility index (Phi) is 6.02. The second-order valence-electron chi connectivity index (χ2n) is 6.43. The number of ether oxygens (including phenoxy) is 1. The number of sulfonamides is 1. The maximum Gasteiger partial charge on any atom is 0.262 e. The summed E-state index contributed by atoms with van der Waals surface area (Å²) in [5, 5.41) is 2.45. The molecule has 6 nitrogen and oxygen atoms in total. The third-order valence-corrected chi connectivity index (χ3v) is 5.73. The van der Waals surface area contributed by atoms with Crippen molar-refractivity contribution in [3.8, 4) is 5.75 Å². The van der Waals surface area contributed by atoms with Gasteiger partial charge in [-0.15, -0.1) is 0 Å². The average Bonchev–Trinajstić information content (AvgIpc) is 2.69. The number of benzene rings is 3. The summed E-state index contributed by atoms with van der Waals surface area (Å²) in [5.41, 5.74) is 0.713. The first kappa shape index (κ1) is 21.3. The molecule has 0 radical (unpaired) electrons. The minimum absolute atomic E-state index is 0.0541. The van der Waals surface area contributed by atoms with Crippen molar-refractivity contribution in [3.05, 3.63) is 83.4 Å². The van der Waals surface area contributed by atoms with E-state index in [1.54, 1.807) is 31.2 Å². The summed E-state index contributed by atoms with van der Waals surface area (Å²) < 4.78 is 59.8. The van der Waals surface area contributed by atoms with Gasteiger partial charge >= 0.3 is 0 Å². The lowest BCUT2D eigenvalue weighted by atomic mass is 10.2. The van der Waals surface area contributed by atoms with Crippen molar-refractivity contribution in [2.45, 2.75) is 11.8 Å². The fourth-order valence-corrected chi connectivity index (χ4v) is 4.06. The second kappa shape index (κ2) is 8.50. The Balaban J connectivity index is 1.85. The van der Waals surface area contributed by atoms with E-state index in [0.29, 0.717) is 23.1 Å². The van der Waals surface area contributed by atoms with Crippen molar-refractivity contribution in [1.82, 2.24) is 0 Å². The normalized spacial score (nSPS) is 11.1. The lowest BCUT2D eigenvalue weighted by molar-refractivity contribution is 0.102. The van der Waals surface area contributed by atoms with Crippen LogP contribution in [-0.4, -0.2) is 21.4 Å². The Morgan fingerprint density at radius 2 is 1.50 bits per heavy atom. The standard InChI is InChI=1S/C21H18F2N2O4S/c1-13-3-4-18(24-21(26)14-9-15(22)11-16(23)10-14)12-20(13)30(27,28)25-17-5-7-19(29-2)8-6-17/h3-12,25H,1-2H3,(H,24,26). The van der Waals surface area contributed by atoms with E-state index >= 15 is 0 Å². The molecule has 1 amide bonds. The number of hydrogen-bond acceptors (Lipinski definition) is 4. The zero-order chi connectivity index (χ0) is 21.9. The van der Waals surface area contributed by atoms with Crippen molar-refractivity contribution in [2.24, 2.45) is 0 Å². The number of amides is 1. The Hall–Kier alpha value is -3.46. The molecule has 0 saturated heterocycles. The fraction of sp³-hybridized carbons (Fsp3) is 0.0952. The van der Waals surface area contributed by atoms with E-state index in [-0.39, 0.29) is 16.1 Å². The Bertz CT molecular complexity index is 1180. The third kappa shape index (κ3) is 4.93. The third-order valence-electron chi connectivity index (χ3n) is 4.20. The van der Waals surface area contributed by atoms with Crippen LogP contribution in [0.4, 0.5) is 20.2 Å². The van der Waals surface area contributed by atoms with Crippen molar-refractivity contribution in [2.75, 3.05) is 17.1 Å². The van der Waals surface area contributed by atoms with Crippen molar-refractivity contribution < 1.29 is 26.7 Å². The monoisotopic (exact) mass is 432 g/mol. The number of hydrogen-bond donors (Lipinski definition) is 2. The van der Waals surface area contributed by atoms with E-state index in [1.807, 2.05) is 0 Å². The first-order chi connectivity index (χ1) is 14.2. The molecule has 0 fully saturated rings. The lowest BCUT2D eigenvalue weighted by Gasteiger charge is -2.13. The van der Waals surface area contributed by atoms with Gasteiger partial charge in [0.25, 0.3) is 15.9 Å². The first-order valence-corrected chi connectivity index (χ1v) is 10.2. The van der Waals surface area contributed by atoms with Crippen LogP contribution in [0.5, 0.6) is 5.75 Å². The predicted octanol–water partition coefficient (Wildman–Crippen LogP) is 4.33. The summed E-state index contributed by atoms with van der Waals surface area (Å²) in [4.78, 5) is 12.2. The number of methoxy groups -OCH3 is 1. The van der Waals surface area contributed by atoms with Gasteiger partial charge in [-0.1, -0.05) is 6.07 Å². The van der Waals surface area contributed by atoms with Crippen LogP contribution >= 0.6 is 0 Å². The Labute approximate surface area is 172 Å². The van der Waals surface area contributed by atoms with Gasteiger partial charge in [-0.05, 0) is 61.0 Å². The number of nitrogens with one attached hydrogen (secondary N) is 2. The van der Waals surface area contributed by atoms with Crippen molar-refractivity contribution in [3.63, 3.8) is 0 Å². The largest absolute Gasteiger partial charge is 0.497 e. The topological polar surface area (TPSA) is 84.5 Å². The number of rotatable bonds is 6. The van der Waals surface area contributed by atoms with Gasteiger partial charge in [0.2, 0.25) is 0 Å². The first-order valence-electron chi connectivity index (χ1n) is 8.73. The summed E-state index contributed by atoms with van der Waals surface area (Å²) in [5.74, 6) is -1.98. The quantitative estimate of drug-likeness (QED) is 0.607. The van der Waals surface area contributed by atoms with Gasteiger partial charge in [-0.3, -0.25) is 9.52 Å². The van der Waals surface area contributed by atoms with Crippen LogP contribution in [0.2, 0.25) is 0 Å². The fourth-order valence-electron chi connectivity index (χ4n) is 2.72. The molecule has 30 heavy (non-hydrogen) atoms. The van der Waals surface area contributed by atoms with Gasteiger partial charge in [-0.2, -0.15) is 0 Å². The molecule has 0 aliphatic carbocycles. The molecule has 3 aromatic carbocycles. The maximum absolute atomic E-state index is 13.3. The molecule has 0 unspecified atom stereocenters. The highest BCUT2D eigenvalue weighted by Gasteiger charge is 2.19. The molecule has 3 aromatic rings. The smallest absolute Gasteiger partial charge is 0.262 e. The van der Waals surface area contributed by atoms with Gasteiger partial charge in [0.1, 0.15) is 17.4 Å². The zero-order valence-electron chi connectivity index (χ0n) is 16.1. The molecule has 156 valence electrons. The van der Waals surface area contributed by atoms with E-state index in [1.165, 1.54) is 25.3 Å². The second-order valence-corrected chi connectivity index (χ2v) is 8.08. The molecule has 0 heterocycles. The van der Waals surface area contributed by atoms with Crippen LogP contribution < -0.4 is 14.8 Å². The van der Waals surface area contributed by atoms with Crippen LogP contribution in [0.15, 0.2) is 65.6 Å². The van der Waals surface area contributed by atoms with Crippen LogP contribution in [-0.2, 0) is 10.0 Å². The minimum atomic E-state index is -3.96. The van der Waals surface area contributed by atoms with Gasteiger partial charge in [0.15, 0.2) is 0 Å². The Morgan fingerprint density at radius 3 is 2.10 bits per heavy atom.